The Balaban J connectivity index is 2.15. The van der Waals surface area contributed by atoms with Crippen molar-refractivity contribution in [3.8, 4) is 11.3 Å². The average Bonchev–Trinajstić information content (AvgIpc) is 2.46. The molecular formula is C13H14N4O2. The van der Waals surface area contributed by atoms with Gasteiger partial charge in [-0.25, -0.2) is 0 Å². The number of nitro benzene ring substituents is 1. The van der Waals surface area contributed by atoms with E-state index in [1.54, 1.807) is 12.1 Å². The minimum atomic E-state index is -0.423. The maximum Gasteiger partial charge on any atom is 0.269 e. The highest BCUT2D eigenvalue weighted by Crippen LogP contribution is 2.20. The van der Waals surface area contributed by atoms with E-state index >= 15 is 0 Å². The predicted octanol–water partition coefficient (Wildman–Crippen LogP) is 2.87. The first kappa shape index (κ1) is 12.9. The van der Waals surface area contributed by atoms with Crippen molar-refractivity contribution in [1.82, 2.24) is 10.2 Å². The Bertz CT molecular complexity index is 552. The van der Waals surface area contributed by atoms with Crippen LogP contribution in [0.25, 0.3) is 11.3 Å². The zero-order valence-corrected chi connectivity index (χ0v) is 10.5. The number of hydrogen-bond donors (Lipinski definition) is 1. The van der Waals surface area contributed by atoms with Gasteiger partial charge in [0.2, 0.25) is 0 Å². The number of nitrogens with zero attached hydrogens (tertiary/aromatic N) is 3. The summed E-state index contributed by atoms with van der Waals surface area (Å²) in [5.41, 5.74) is 1.56. The van der Waals surface area contributed by atoms with Crippen LogP contribution >= 0.6 is 0 Å². The van der Waals surface area contributed by atoms with Gasteiger partial charge in [-0.1, -0.05) is 6.92 Å². The van der Waals surface area contributed by atoms with Gasteiger partial charge in [-0.05, 0) is 30.7 Å². The Kier molecular flexibility index (Phi) is 4.02. The molecule has 0 saturated heterocycles. The minimum absolute atomic E-state index is 0.0675. The van der Waals surface area contributed by atoms with Crippen LogP contribution in [0.4, 0.5) is 11.5 Å². The zero-order chi connectivity index (χ0) is 13.7. The number of aromatic nitrogens is 2. The van der Waals surface area contributed by atoms with Crippen molar-refractivity contribution in [2.24, 2.45) is 0 Å². The van der Waals surface area contributed by atoms with Crippen molar-refractivity contribution in [2.75, 3.05) is 11.9 Å². The molecule has 2 aromatic rings. The molecule has 1 aromatic carbocycles. The molecule has 6 nitrogen and oxygen atoms in total. The Morgan fingerprint density at radius 2 is 1.89 bits per heavy atom. The second kappa shape index (κ2) is 5.90. The van der Waals surface area contributed by atoms with Crippen LogP contribution in [0.15, 0.2) is 36.4 Å². The molecule has 1 heterocycles. The standard InChI is InChI=1S/C13H14N4O2/c1-2-9-14-13-8-7-12(15-16-13)10-3-5-11(6-4-10)17(18)19/h3-8H,2,9H2,1H3,(H,14,16). The number of anilines is 1. The summed E-state index contributed by atoms with van der Waals surface area (Å²) < 4.78 is 0. The molecule has 1 N–H and O–H groups in total. The maximum absolute atomic E-state index is 10.6. The first-order valence-corrected chi connectivity index (χ1v) is 6.03. The highest BCUT2D eigenvalue weighted by molar-refractivity contribution is 5.61. The number of hydrogen-bond acceptors (Lipinski definition) is 5. The van der Waals surface area contributed by atoms with Crippen molar-refractivity contribution < 1.29 is 4.92 Å². The molecule has 0 amide bonds. The van der Waals surface area contributed by atoms with E-state index in [-0.39, 0.29) is 5.69 Å². The van der Waals surface area contributed by atoms with E-state index in [1.807, 2.05) is 12.1 Å². The summed E-state index contributed by atoms with van der Waals surface area (Å²) in [7, 11) is 0. The summed E-state index contributed by atoms with van der Waals surface area (Å²) in [6.45, 7) is 2.93. The van der Waals surface area contributed by atoms with E-state index in [2.05, 4.69) is 22.4 Å². The smallest absolute Gasteiger partial charge is 0.269 e. The van der Waals surface area contributed by atoms with Crippen LogP contribution in [0.2, 0.25) is 0 Å². The number of nitrogens with one attached hydrogen (secondary N) is 1. The lowest BCUT2D eigenvalue weighted by Gasteiger charge is -2.04. The third kappa shape index (κ3) is 3.25. The van der Waals surface area contributed by atoms with Crippen molar-refractivity contribution in [1.29, 1.82) is 0 Å². The minimum Gasteiger partial charge on any atom is -0.369 e. The van der Waals surface area contributed by atoms with E-state index in [0.717, 1.165) is 24.3 Å². The third-order valence-corrected chi connectivity index (χ3v) is 2.59. The Morgan fingerprint density at radius 1 is 1.16 bits per heavy atom. The van der Waals surface area contributed by atoms with Gasteiger partial charge in [-0.2, -0.15) is 0 Å². The molecule has 0 aliphatic carbocycles. The Labute approximate surface area is 110 Å². The average molecular weight is 258 g/mol. The van der Waals surface area contributed by atoms with Crippen molar-refractivity contribution in [3.05, 3.63) is 46.5 Å². The van der Waals surface area contributed by atoms with Gasteiger partial charge < -0.3 is 5.32 Å². The van der Waals surface area contributed by atoms with Gasteiger partial charge in [0, 0.05) is 24.2 Å². The predicted molar refractivity (Wildman–Crippen MR) is 72.9 cm³/mol. The second-order valence-electron chi connectivity index (χ2n) is 4.03. The Morgan fingerprint density at radius 3 is 2.42 bits per heavy atom. The van der Waals surface area contributed by atoms with Gasteiger partial charge in [0.1, 0.15) is 5.82 Å². The van der Waals surface area contributed by atoms with E-state index in [1.165, 1.54) is 12.1 Å². The molecule has 6 heteroatoms. The molecule has 2 rings (SSSR count). The van der Waals surface area contributed by atoms with E-state index in [4.69, 9.17) is 0 Å². The van der Waals surface area contributed by atoms with Crippen molar-refractivity contribution >= 4 is 11.5 Å². The molecule has 0 saturated carbocycles. The maximum atomic E-state index is 10.6. The van der Waals surface area contributed by atoms with Crippen molar-refractivity contribution in [3.63, 3.8) is 0 Å². The molecule has 0 aliphatic heterocycles. The van der Waals surface area contributed by atoms with Crippen LogP contribution in [-0.4, -0.2) is 21.7 Å². The lowest BCUT2D eigenvalue weighted by atomic mass is 10.1. The fraction of sp³-hybridized carbons (Fsp3) is 0.231. The topological polar surface area (TPSA) is 81.0 Å². The molecule has 0 fully saturated rings. The highest BCUT2D eigenvalue weighted by atomic mass is 16.6. The summed E-state index contributed by atoms with van der Waals surface area (Å²) >= 11 is 0. The molecule has 0 aliphatic rings. The first-order chi connectivity index (χ1) is 9.20. The summed E-state index contributed by atoms with van der Waals surface area (Å²) in [4.78, 5) is 10.1. The van der Waals surface area contributed by atoms with Crippen LogP contribution in [0.5, 0.6) is 0 Å². The summed E-state index contributed by atoms with van der Waals surface area (Å²) in [5.74, 6) is 0.729. The fourth-order valence-corrected chi connectivity index (χ4v) is 1.59. The molecule has 0 atom stereocenters. The third-order valence-electron chi connectivity index (χ3n) is 2.59. The van der Waals surface area contributed by atoms with Gasteiger partial charge >= 0.3 is 0 Å². The van der Waals surface area contributed by atoms with Crippen LogP contribution in [-0.2, 0) is 0 Å². The second-order valence-corrected chi connectivity index (χ2v) is 4.03. The lowest BCUT2D eigenvalue weighted by molar-refractivity contribution is -0.384. The van der Waals surface area contributed by atoms with Gasteiger partial charge in [-0.15, -0.1) is 10.2 Å². The molecule has 19 heavy (non-hydrogen) atoms. The van der Waals surface area contributed by atoms with Crippen LogP contribution in [0.1, 0.15) is 13.3 Å². The van der Waals surface area contributed by atoms with Crippen LogP contribution < -0.4 is 5.32 Å². The van der Waals surface area contributed by atoms with Gasteiger partial charge in [0.15, 0.2) is 0 Å². The van der Waals surface area contributed by atoms with E-state index in [9.17, 15) is 10.1 Å². The molecule has 0 unspecified atom stereocenters. The first-order valence-electron chi connectivity index (χ1n) is 6.03. The lowest BCUT2D eigenvalue weighted by Crippen LogP contribution is -2.02. The quantitative estimate of drug-likeness (QED) is 0.658. The largest absolute Gasteiger partial charge is 0.369 e. The van der Waals surface area contributed by atoms with E-state index in [0.29, 0.717) is 5.69 Å². The van der Waals surface area contributed by atoms with Gasteiger partial charge in [-0.3, -0.25) is 10.1 Å². The summed E-state index contributed by atoms with van der Waals surface area (Å²) in [6, 6.07) is 9.94. The van der Waals surface area contributed by atoms with Crippen molar-refractivity contribution in [2.45, 2.75) is 13.3 Å². The number of non-ortho nitro benzene ring substituents is 1. The highest BCUT2D eigenvalue weighted by Gasteiger charge is 2.06. The van der Waals surface area contributed by atoms with Gasteiger partial charge in [0.25, 0.3) is 5.69 Å². The molecule has 1 aromatic heterocycles. The van der Waals surface area contributed by atoms with Crippen LogP contribution in [0.3, 0.4) is 0 Å². The summed E-state index contributed by atoms with van der Waals surface area (Å²) in [5, 5.41) is 21.8. The SMILES string of the molecule is CCCNc1ccc(-c2ccc([N+](=O)[O-])cc2)nn1. The Hall–Kier alpha value is -2.50. The number of rotatable bonds is 5. The summed E-state index contributed by atoms with van der Waals surface area (Å²) in [6.07, 6.45) is 1.02. The molecule has 0 radical (unpaired) electrons. The fourth-order valence-electron chi connectivity index (χ4n) is 1.59. The molecule has 0 bridgehead atoms. The molecular weight excluding hydrogens is 244 g/mol. The monoisotopic (exact) mass is 258 g/mol. The zero-order valence-electron chi connectivity index (χ0n) is 10.5. The number of benzene rings is 1. The van der Waals surface area contributed by atoms with Crippen LogP contribution in [0, 0.1) is 10.1 Å². The molecule has 98 valence electrons. The number of nitro groups is 1. The van der Waals surface area contributed by atoms with E-state index < -0.39 is 4.92 Å². The normalized spacial score (nSPS) is 10.2. The van der Waals surface area contributed by atoms with Gasteiger partial charge in [0.05, 0.1) is 10.6 Å². The molecule has 0 spiro atoms.